The van der Waals surface area contributed by atoms with Crippen LogP contribution in [0.5, 0.6) is 0 Å². The molecule has 0 saturated heterocycles. The topological polar surface area (TPSA) is 54.4 Å². The van der Waals surface area contributed by atoms with E-state index in [-0.39, 0.29) is 5.78 Å². The Morgan fingerprint density at radius 1 is 1.67 bits per heavy atom. The molecular weight excluding hydrogens is 224 g/mol. The first-order valence-corrected chi connectivity index (χ1v) is 4.40. The van der Waals surface area contributed by atoms with Crippen LogP contribution in [0.2, 0.25) is 0 Å². The van der Waals surface area contributed by atoms with Crippen LogP contribution in [0.25, 0.3) is 0 Å². The Balaban J connectivity index is 4.38. The molecule has 0 aliphatic heterocycles. The maximum atomic E-state index is 10.8. The molecule has 0 aromatic carbocycles. The number of halogens is 1. The molecule has 0 saturated carbocycles. The molecule has 3 nitrogen and oxygen atoms in total. The standard InChI is InChI=1S/C8H11BrO3/c1-3-4-6(8(11)12)7(9)5(2)10/h3,6-7H,1,4H2,2H3,(H,11,12). The molecule has 0 radical (unpaired) electrons. The van der Waals surface area contributed by atoms with Crippen molar-refractivity contribution in [2.45, 2.75) is 18.2 Å². The van der Waals surface area contributed by atoms with Gasteiger partial charge in [-0.05, 0) is 13.3 Å². The van der Waals surface area contributed by atoms with Crippen LogP contribution in [0.3, 0.4) is 0 Å². The first-order valence-electron chi connectivity index (χ1n) is 3.49. The van der Waals surface area contributed by atoms with Crippen LogP contribution in [0.4, 0.5) is 0 Å². The van der Waals surface area contributed by atoms with E-state index < -0.39 is 16.7 Å². The lowest BCUT2D eigenvalue weighted by Crippen LogP contribution is -2.28. The average molecular weight is 235 g/mol. The number of aliphatic carboxylic acids is 1. The first kappa shape index (κ1) is 11.4. The van der Waals surface area contributed by atoms with Gasteiger partial charge in [-0.2, -0.15) is 0 Å². The van der Waals surface area contributed by atoms with E-state index in [0.717, 1.165) is 0 Å². The van der Waals surface area contributed by atoms with Crippen LogP contribution in [-0.2, 0) is 9.59 Å². The summed E-state index contributed by atoms with van der Waals surface area (Å²) in [6.07, 6.45) is 1.79. The molecule has 0 aliphatic rings. The number of hydrogen-bond acceptors (Lipinski definition) is 2. The summed E-state index contributed by atoms with van der Waals surface area (Å²) < 4.78 is 0. The highest BCUT2D eigenvalue weighted by Crippen LogP contribution is 2.18. The van der Waals surface area contributed by atoms with Gasteiger partial charge in [-0.25, -0.2) is 0 Å². The highest BCUT2D eigenvalue weighted by molar-refractivity contribution is 9.10. The van der Waals surface area contributed by atoms with Gasteiger partial charge in [0.05, 0.1) is 10.7 Å². The maximum Gasteiger partial charge on any atom is 0.308 e. The number of alkyl halides is 1. The van der Waals surface area contributed by atoms with E-state index in [1.54, 1.807) is 0 Å². The third-order valence-corrected chi connectivity index (χ3v) is 2.76. The molecular formula is C8H11BrO3. The predicted molar refractivity (Wildman–Crippen MR) is 49.3 cm³/mol. The lowest BCUT2D eigenvalue weighted by molar-refractivity contribution is -0.143. The van der Waals surface area contributed by atoms with E-state index in [2.05, 4.69) is 22.5 Å². The van der Waals surface area contributed by atoms with E-state index in [0.29, 0.717) is 6.42 Å². The SMILES string of the molecule is C=CCC(C(=O)O)C(Br)C(C)=O. The summed E-state index contributed by atoms with van der Waals surface area (Å²) in [6.45, 7) is 4.79. The van der Waals surface area contributed by atoms with Gasteiger partial charge in [0.15, 0.2) is 0 Å². The minimum Gasteiger partial charge on any atom is -0.481 e. The van der Waals surface area contributed by atoms with Crippen LogP contribution < -0.4 is 0 Å². The summed E-state index contributed by atoms with van der Waals surface area (Å²) in [6, 6.07) is 0. The Labute approximate surface area is 79.6 Å². The number of carboxylic acid groups (broad SMARTS) is 1. The van der Waals surface area contributed by atoms with E-state index >= 15 is 0 Å². The molecule has 2 unspecified atom stereocenters. The van der Waals surface area contributed by atoms with Gasteiger partial charge in [0.1, 0.15) is 5.78 Å². The summed E-state index contributed by atoms with van der Waals surface area (Å²) in [5, 5.41) is 8.69. The fraction of sp³-hybridized carbons (Fsp3) is 0.500. The molecule has 0 rings (SSSR count). The third kappa shape index (κ3) is 3.17. The number of allylic oxidation sites excluding steroid dienone is 1. The van der Waals surface area contributed by atoms with Crippen molar-refractivity contribution in [3.8, 4) is 0 Å². The maximum absolute atomic E-state index is 10.8. The molecule has 0 heterocycles. The van der Waals surface area contributed by atoms with E-state index in [9.17, 15) is 9.59 Å². The molecule has 0 bridgehead atoms. The number of carbonyl (C=O) groups is 2. The number of carbonyl (C=O) groups excluding carboxylic acids is 1. The second-order valence-corrected chi connectivity index (χ2v) is 3.47. The van der Waals surface area contributed by atoms with Crippen LogP contribution in [-0.4, -0.2) is 21.7 Å². The van der Waals surface area contributed by atoms with Gasteiger partial charge in [0, 0.05) is 0 Å². The highest BCUT2D eigenvalue weighted by Gasteiger charge is 2.27. The molecule has 1 N–H and O–H groups in total. The van der Waals surface area contributed by atoms with E-state index in [1.807, 2.05) is 0 Å². The normalized spacial score (nSPS) is 14.8. The number of rotatable bonds is 5. The van der Waals surface area contributed by atoms with Crippen molar-refractivity contribution in [2.75, 3.05) is 0 Å². The second kappa shape index (κ2) is 5.09. The number of Topliss-reactive ketones (excluding diaryl/α,β-unsaturated/α-hetero) is 1. The minimum absolute atomic E-state index is 0.177. The molecule has 0 fully saturated rings. The van der Waals surface area contributed by atoms with Crippen molar-refractivity contribution in [1.82, 2.24) is 0 Å². The monoisotopic (exact) mass is 234 g/mol. The molecule has 0 aromatic rings. The third-order valence-electron chi connectivity index (χ3n) is 1.48. The van der Waals surface area contributed by atoms with Crippen LogP contribution >= 0.6 is 15.9 Å². The van der Waals surface area contributed by atoms with Crippen molar-refractivity contribution in [3.63, 3.8) is 0 Å². The number of carboxylic acids is 1. The molecule has 0 amide bonds. The summed E-state index contributed by atoms with van der Waals surface area (Å²) >= 11 is 3.03. The number of hydrogen-bond donors (Lipinski definition) is 1. The fourth-order valence-electron chi connectivity index (χ4n) is 0.808. The van der Waals surface area contributed by atoms with Crippen molar-refractivity contribution in [2.24, 2.45) is 5.92 Å². The Bertz CT molecular complexity index is 200. The Hall–Kier alpha value is -0.640. The molecule has 68 valence electrons. The van der Waals surface area contributed by atoms with Crippen LogP contribution in [0.15, 0.2) is 12.7 Å². The molecule has 0 aliphatic carbocycles. The highest BCUT2D eigenvalue weighted by atomic mass is 79.9. The summed E-state index contributed by atoms with van der Waals surface area (Å²) in [5.74, 6) is -1.86. The van der Waals surface area contributed by atoms with Gasteiger partial charge < -0.3 is 5.11 Å². The van der Waals surface area contributed by atoms with Gasteiger partial charge in [-0.15, -0.1) is 6.58 Å². The molecule has 12 heavy (non-hydrogen) atoms. The first-order chi connectivity index (χ1) is 5.50. The van der Waals surface area contributed by atoms with Crippen LogP contribution in [0, 0.1) is 5.92 Å². The van der Waals surface area contributed by atoms with Gasteiger partial charge in [0.2, 0.25) is 0 Å². The molecule has 4 heteroatoms. The Morgan fingerprint density at radius 3 is 2.42 bits per heavy atom. The zero-order valence-electron chi connectivity index (χ0n) is 6.79. The molecule has 2 atom stereocenters. The van der Waals surface area contributed by atoms with Crippen molar-refractivity contribution >= 4 is 27.7 Å². The minimum atomic E-state index is -0.980. The summed E-state index contributed by atoms with van der Waals surface area (Å²) in [5.41, 5.74) is 0. The lowest BCUT2D eigenvalue weighted by atomic mass is 9.99. The largest absolute Gasteiger partial charge is 0.481 e. The fourth-order valence-corrected chi connectivity index (χ4v) is 1.25. The summed E-state index contributed by atoms with van der Waals surface area (Å²) in [7, 11) is 0. The zero-order valence-corrected chi connectivity index (χ0v) is 8.37. The van der Waals surface area contributed by atoms with Crippen molar-refractivity contribution in [1.29, 1.82) is 0 Å². The van der Waals surface area contributed by atoms with Crippen molar-refractivity contribution < 1.29 is 14.7 Å². The van der Waals surface area contributed by atoms with Crippen LogP contribution in [0.1, 0.15) is 13.3 Å². The summed E-state index contributed by atoms with van der Waals surface area (Å²) in [4.78, 5) is 20.8. The van der Waals surface area contributed by atoms with Gasteiger partial charge in [0.25, 0.3) is 0 Å². The molecule has 0 spiro atoms. The molecule has 0 aromatic heterocycles. The average Bonchev–Trinajstić information content (AvgIpc) is 1.98. The smallest absolute Gasteiger partial charge is 0.308 e. The van der Waals surface area contributed by atoms with E-state index in [4.69, 9.17) is 5.11 Å². The zero-order chi connectivity index (χ0) is 9.72. The van der Waals surface area contributed by atoms with E-state index in [1.165, 1.54) is 13.0 Å². The van der Waals surface area contributed by atoms with Gasteiger partial charge in [-0.1, -0.05) is 22.0 Å². The predicted octanol–water partition coefficient (Wildman–Crippen LogP) is 1.62. The lowest BCUT2D eigenvalue weighted by Gasteiger charge is -2.13. The number of ketones is 1. The quantitative estimate of drug-likeness (QED) is 0.581. The van der Waals surface area contributed by atoms with Gasteiger partial charge >= 0.3 is 5.97 Å². The Morgan fingerprint density at radius 2 is 2.17 bits per heavy atom. The van der Waals surface area contributed by atoms with Crippen molar-refractivity contribution in [3.05, 3.63) is 12.7 Å². The van der Waals surface area contributed by atoms with Gasteiger partial charge in [-0.3, -0.25) is 9.59 Å². The Kier molecular flexibility index (Phi) is 4.81. The second-order valence-electron chi connectivity index (χ2n) is 2.48.